The molecule has 1 amide bonds. The third kappa shape index (κ3) is 4.92. The van der Waals surface area contributed by atoms with Gasteiger partial charge in [-0.1, -0.05) is 59.3 Å². The van der Waals surface area contributed by atoms with Gasteiger partial charge in [-0.05, 0) is 31.5 Å². The van der Waals surface area contributed by atoms with Crippen molar-refractivity contribution in [2.45, 2.75) is 19.9 Å². The molecule has 3 rings (SSSR count). The van der Waals surface area contributed by atoms with Crippen molar-refractivity contribution in [3.63, 3.8) is 0 Å². The molecule has 1 atom stereocenters. The lowest BCUT2D eigenvalue weighted by molar-refractivity contribution is -0.116. The fraction of sp³-hybridized carbons (Fsp3) is 0.211. The first-order chi connectivity index (χ1) is 13.7. The van der Waals surface area contributed by atoms with E-state index in [2.05, 4.69) is 15.5 Å². The highest BCUT2D eigenvalue weighted by molar-refractivity contribution is 7.92. The molecule has 0 bridgehead atoms. The molecule has 10 heteroatoms. The largest absolute Gasteiger partial charge is 0.299 e. The van der Waals surface area contributed by atoms with Gasteiger partial charge >= 0.3 is 0 Å². The summed E-state index contributed by atoms with van der Waals surface area (Å²) in [6.45, 7) is 3.32. The van der Waals surface area contributed by atoms with Crippen LogP contribution < -0.4 is 9.62 Å². The highest BCUT2D eigenvalue weighted by Crippen LogP contribution is 2.28. The number of halogens is 1. The van der Waals surface area contributed by atoms with Crippen LogP contribution in [0, 0.1) is 6.92 Å². The number of nitrogens with zero attached hydrogens (tertiary/aromatic N) is 3. The molecular formula is C19H19ClN4O3S2. The van der Waals surface area contributed by atoms with Crippen molar-refractivity contribution in [1.29, 1.82) is 0 Å². The number of rotatable bonds is 6. The number of hydrogen-bond donors (Lipinski definition) is 1. The van der Waals surface area contributed by atoms with Crippen LogP contribution in [0.2, 0.25) is 5.02 Å². The van der Waals surface area contributed by atoms with E-state index in [1.807, 2.05) is 37.3 Å². The van der Waals surface area contributed by atoms with Gasteiger partial charge in [-0.25, -0.2) is 8.42 Å². The second kappa shape index (κ2) is 8.48. The Balaban J connectivity index is 1.83. The molecule has 7 nitrogen and oxygen atoms in total. The van der Waals surface area contributed by atoms with E-state index < -0.39 is 22.0 Å². The number of carbonyl (C=O) groups excluding carboxylic acids is 1. The zero-order chi connectivity index (χ0) is 21.2. The molecule has 0 aliphatic rings. The number of hydrogen-bond acceptors (Lipinski definition) is 6. The van der Waals surface area contributed by atoms with Gasteiger partial charge in [0.15, 0.2) is 0 Å². The first kappa shape index (κ1) is 21.2. The Bertz CT molecular complexity index is 1130. The normalized spacial score (nSPS) is 12.4. The van der Waals surface area contributed by atoms with Crippen molar-refractivity contribution < 1.29 is 13.2 Å². The van der Waals surface area contributed by atoms with Gasteiger partial charge in [-0.2, -0.15) is 0 Å². The quantitative estimate of drug-likeness (QED) is 0.613. The molecule has 0 aliphatic carbocycles. The van der Waals surface area contributed by atoms with E-state index in [4.69, 9.17) is 11.6 Å². The van der Waals surface area contributed by atoms with Gasteiger partial charge in [0.2, 0.25) is 21.1 Å². The summed E-state index contributed by atoms with van der Waals surface area (Å²) in [5.41, 5.74) is 2.00. The van der Waals surface area contributed by atoms with Gasteiger partial charge in [0, 0.05) is 10.6 Å². The Kier molecular flexibility index (Phi) is 6.21. The second-order valence-corrected chi connectivity index (χ2v) is 9.68. The summed E-state index contributed by atoms with van der Waals surface area (Å²) in [7, 11) is -3.74. The number of aryl methyl sites for hydroxylation is 1. The van der Waals surface area contributed by atoms with Crippen LogP contribution in [-0.4, -0.2) is 36.8 Å². The molecule has 2 aromatic carbocycles. The average Bonchev–Trinajstić information content (AvgIpc) is 3.13. The number of aromatic nitrogens is 2. The second-order valence-electron chi connectivity index (χ2n) is 6.44. The number of amides is 1. The van der Waals surface area contributed by atoms with Crippen molar-refractivity contribution in [1.82, 2.24) is 10.2 Å². The lowest BCUT2D eigenvalue weighted by Crippen LogP contribution is -2.45. The monoisotopic (exact) mass is 450 g/mol. The van der Waals surface area contributed by atoms with Gasteiger partial charge in [0.1, 0.15) is 11.0 Å². The Morgan fingerprint density at radius 3 is 2.48 bits per heavy atom. The highest BCUT2D eigenvalue weighted by atomic mass is 35.5. The molecule has 0 fully saturated rings. The first-order valence-corrected chi connectivity index (χ1v) is 11.7. The van der Waals surface area contributed by atoms with Crippen molar-refractivity contribution in [3.8, 4) is 10.6 Å². The lowest BCUT2D eigenvalue weighted by atomic mass is 10.2. The Labute approximate surface area is 178 Å². The van der Waals surface area contributed by atoms with E-state index >= 15 is 0 Å². The van der Waals surface area contributed by atoms with Crippen LogP contribution in [0.3, 0.4) is 0 Å². The molecule has 29 heavy (non-hydrogen) atoms. The number of carbonyl (C=O) groups is 1. The maximum Gasteiger partial charge on any atom is 0.249 e. The van der Waals surface area contributed by atoms with E-state index in [0.717, 1.165) is 21.7 Å². The topological polar surface area (TPSA) is 92.3 Å². The summed E-state index contributed by atoms with van der Waals surface area (Å²) >= 11 is 7.35. The highest BCUT2D eigenvalue weighted by Gasteiger charge is 2.30. The fourth-order valence-electron chi connectivity index (χ4n) is 2.71. The molecule has 0 unspecified atom stereocenters. The number of anilines is 2. The number of nitrogens with one attached hydrogen (secondary N) is 1. The minimum Gasteiger partial charge on any atom is -0.299 e. The molecule has 0 spiro atoms. The minimum absolute atomic E-state index is 0.288. The van der Waals surface area contributed by atoms with Crippen LogP contribution >= 0.6 is 22.9 Å². The van der Waals surface area contributed by atoms with E-state index in [1.54, 1.807) is 12.1 Å². The van der Waals surface area contributed by atoms with Crippen LogP contribution in [0.5, 0.6) is 0 Å². The third-order valence-electron chi connectivity index (χ3n) is 4.17. The van der Waals surface area contributed by atoms with E-state index in [-0.39, 0.29) is 5.13 Å². The van der Waals surface area contributed by atoms with Gasteiger partial charge in [-0.3, -0.25) is 14.4 Å². The smallest absolute Gasteiger partial charge is 0.249 e. The first-order valence-electron chi connectivity index (χ1n) is 8.62. The Hall–Kier alpha value is -2.49. The Morgan fingerprint density at radius 2 is 1.86 bits per heavy atom. The zero-order valence-corrected chi connectivity index (χ0v) is 18.3. The summed E-state index contributed by atoms with van der Waals surface area (Å²) in [5.74, 6) is -0.525. The third-order valence-corrected chi connectivity index (χ3v) is 6.71. The molecule has 1 N–H and O–H groups in total. The standard InChI is InChI=1S/C19H19ClN4O3S2/c1-12-9-10-15(11-16(12)20)24(29(3,26)27)13(2)17(25)21-19-23-22-18(28-19)14-7-5-4-6-8-14/h4-11,13H,1-3H3,(H,21,23,25)/t13-/m1/s1. The summed E-state index contributed by atoms with van der Waals surface area (Å²) < 4.78 is 25.8. The summed E-state index contributed by atoms with van der Waals surface area (Å²) in [4.78, 5) is 12.8. The van der Waals surface area contributed by atoms with Crippen molar-refractivity contribution >= 4 is 49.7 Å². The molecule has 0 radical (unpaired) electrons. The molecular weight excluding hydrogens is 432 g/mol. The predicted octanol–water partition coefficient (Wildman–Crippen LogP) is 3.96. The number of sulfonamides is 1. The molecule has 0 saturated heterocycles. The summed E-state index contributed by atoms with van der Waals surface area (Å²) in [5, 5.41) is 12.1. The van der Waals surface area contributed by atoms with Crippen molar-refractivity contribution in [2.75, 3.05) is 15.9 Å². The summed E-state index contributed by atoms with van der Waals surface area (Å²) in [6.07, 6.45) is 1.04. The maximum absolute atomic E-state index is 12.8. The van der Waals surface area contributed by atoms with E-state index in [0.29, 0.717) is 15.7 Å². The molecule has 1 aromatic heterocycles. The van der Waals surface area contributed by atoms with E-state index in [1.165, 1.54) is 24.3 Å². The average molecular weight is 451 g/mol. The molecule has 0 aliphatic heterocycles. The molecule has 0 saturated carbocycles. The van der Waals surface area contributed by atoms with Gasteiger partial charge < -0.3 is 0 Å². The van der Waals surface area contributed by atoms with Crippen LogP contribution in [0.4, 0.5) is 10.8 Å². The van der Waals surface area contributed by atoms with Crippen LogP contribution in [0.15, 0.2) is 48.5 Å². The van der Waals surface area contributed by atoms with Crippen molar-refractivity contribution in [3.05, 3.63) is 59.1 Å². The van der Waals surface area contributed by atoms with Gasteiger partial charge in [0.25, 0.3) is 0 Å². The molecule has 152 valence electrons. The van der Waals surface area contributed by atoms with E-state index in [9.17, 15) is 13.2 Å². The molecule has 1 heterocycles. The van der Waals surface area contributed by atoms with Crippen LogP contribution in [0.1, 0.15) is 12.5 Å². The summed E-state index contributed by atoms with van der Waals surface area (Å²) in [6, 6.07) is 13.3. The fourth-order valence-corrected chi connectivity index (χ4v) is 4.80. The lowest BCUT2D eigenvalue weighted by Gasteiger charge is -2.28. The van der Waals surface area contributed by atoms with Gasteiger partial charge in [-0.15, -0.1) is 10.2 Å². The zero-order valence-electron chi connectivity index (χ0n) is 16.0. The Morgan fingerprint density at radius 1 is 1.17 bits per heavy atom. The predicted molar refractivity (Wildman–Crippen MR) is 117 cm³/mol. The maximum atomic E-state index is 12.8. The number of benzene rings is 2. The minimum atomic E-state index is -3.74. The van der Waals surface area contributed by atoms with Crippen molar-refractivity contribution in [2.24, 2.45) is 0 Å². The van der Waals surface area contributed by atoms with Crippen LogP contribution in [-0.2, 0) is 14.8 Å². The van der Waals surface area contributed by atoms with Gasteiger partial charge in [0.05, 0.1) is 11.9 Å². The SMILES string of the molecule is Cc1ccc(N([C@H](C)C(=O)Nc2nnc(-c3ccccc3)s2)S(C)(=O)=O)cc1Cl. The van der Waals surface area contributed by atoms with Crippen LogP contribution in [0.25, 0.3) is 10.6 Å². The molecule has 3 aromatic rings.